The second-order valence-electron chi connectivity index (χ2n) is 6.00. The van der Waals surface area contributed by atoms with Gasteiger partial charge in [0, 0.05) is 32.2 Å². The van der Waals surface area contributed by atoms with Gasteiger partial charge in [-0.25, -0.2) is 0 Å². The van der Waals surface area contributed by atoms with E-state index in [2.05, 4.69) is 43.1 Å². The topological polar surface area (TPSA) is 18.5 Å². The Balaban J connectivity index is 2.04. The van der Waals surface area contributed by atoms with Crippen molar-refractivity contribution in [2.45, 2.75) is 39.2 Å². The maximum Gasteiger partial charge on any atom is 0.0110 e. The molecule has 0 spiro atoms. The van der Waals surface area contributed by atoms with Gasteiger partial charge < -0.3 is 10.2 Å². The van der Waals surface area contributed by atoms with Crippen LogP contribution in [0.4, 0.5) is 0 Å². The Bertz CT molecular complexity index is 188. The normalized spacial score (nSPS) is 16.4. The number of nitrogens with one attached hydrogen (secondary N) is 1. The molecule has 0 aromatic heterocycles. The summed E-state index contributed by atoms with van der Waals surface area (Å²) in [5, 5.41) is 3.53. The lowest BCUT2D eigenvalue weighted by Crippen LogP contribution is -2.36. The Hall–Kier alpha value is -0.120. The lowest BCUT2D eigenvalue weighted by Gasteiger charge is -2.23. The van der Waals surface area contributed by atoms with Gasteiger partial charge in [-0.05, 0) is 45.8 Å². The molecule has 0 saturated heterocycles. The van der Waals surface area contributed by atoms with Gasteiger partial charge in [0.05, 0.1) is 0 Å². The molecule has 1 aliphatic carbocycles. The van der Waals surface area contributed by atoms with Gasteiger partial charge in [-0.3, -0.25) is 4.90 Å². The summed E-state index contributed by atoms with van der Waals surface area (Å²) in [6.45, 7) is 10.5. The van der Waals surface area contributed by atoms with Gasteiger partial charge in [0.2, 0.25) is 0 Å². The van der Waals surface area contributed by atoms with Gasteiger partial charge in [0.25, 0.3) is 0 Å². The summed E-state index contributed by atoms with van der Waals surface area (Å²) in [7, 11) is 4.25. The van der Waals surface area contributed by atoms with Crippen molar-refractivity contribution < 1.29 is 0 Å². The predicted octanol–water partition coefficient (Wildman–Crippen LogP) is 1.65. The molecule has 3 nitrogen and oxygen atoms in total. The molecule has 17 heavy (non-hydrogen) atoms. The van der Waals surface area contributed by atoms with Crippen molar-refractivity contribution in [3.05, 3.63) is 0 Å². The van der Waals surface area contributed by atoms with E-state index >= 15 is 0 Å². The zero-order valence-corrected chi connectivity index (χ0v) is 12.2. The van der Waals surface area contributed by atoms with Gasteiger partial charge in [-0.1, -0.05) is 13.8 Å². The van der Waals surface area contributed by atoms with E-state index in [1.807, 2.05) is 0 Å². The van der Waals surface area contributed by atoms with Crippen LogP contribution in [0.5, 0.6) is 0 Å². The fourth-order valence-electron chi connectivity index (χ4n) is 1.99. The average Bonchev–Trinajstić information content (AvgIpc) is 3.05. The first-order valence-electron chi connectivity index (χ1n) is 7.19. The van der Waals surface area contributed by atoms with E-state index in [1.165, 1.54) is 32.4 Å². The van der Waals surface area contributed by atoms with Crippen LogP contribution >= 0.6 is 0 Å². The molecule has 102 valence electrons. The number of hydrogen-bond donors (Lipinski definition) is 1. The maximum atomic E-state index is 3.53. The molecule has 0 unspecified atom stereocenters. The van der Waals surface area contributed by atoms with E-state index in [1.54, 1.807) is 0 Å². The van der Waals surface area contributed by atoms with Gasteiger partial charge in [-0.2, -0.15) is 0 Å². The molecule has 0 bridgehead atoms. The maximum absolute atomic E-state index is 3.53. The largest absolute Gasteiger partial charge is 0.314 e. The van der Waals surface area contributed by atoms with Crippen LogP contribution < -0.4 is 5.32 Å². The van der Waals surface area contributed by atoms with E-state index in [4.69, 9.17) is 0 Å². The molecular formula is C14H31N3. The number of nitrogens with zero attached hydrogens (tertiary/aromatic N) is 2. The molecule has 0 aromatic rings. The summed E-state index contributed by atoms with van der Waals surface area (Å²) >= 11 is 0. The molecule has 1 N–H and O–H groups in total. The molecule has 1 rings (SSSR count). The van der Waals surface area contributed by atoms with E-state index in [9.17, 15) is 0 Å². The summed E-state index contributed by atoms with van der Waals surface area (Å²) in [6, 6.07) is 0.907. The lowest BCUT2D eigenvalue weighted by atomic mass is 10.1. The number of hydrogen-bond acceptors (Lipinski definition) is 3. The summed E-state index contributed by atoms with van der Waals surface area (Å²) in [6.07, 6.45) is 4.19. The second-order valence-corrected chi connectivity index (χ2v) is 6.00. The third-order valence-electron chi connectivity index (χ3n) is 3.37. The van der Waals surface area contributed by atoms with E-state index < -0.39 is 0 Å². The summed E-state index contributed by atoms with van der Waals surface area (Å²) in [5.41, 5.74) is 0. The third kappa shape index (κ3) is 7.74. The summed E-state index contributed by atoms with van der Waals surface area (Å²) in [5.74, 6) is 0.831. The highest BCUT2D eigenvalue weighted by Crippen LogP contribution is 2.26. The van der Waals surface area contributed by atoms with Crippen LogP contribution in [0.1, 0.15) is 33.1 Å². The average molecular weight is 241 g/mol. The van der Waals surface area contributed by atoms with Crippen LogP contribution in [0.25, 0.3) is 0 Å². The molecule has 0 heterocycles. The lowest BCUT2D eigenvalue weighted by molar-refractivity contribution is 0.246. The first kappa shape index (κ1) is 14.9. The Kier molecular flexibility index (Phi) is 7.09. The number of rotatable bonds is 10. The zero-order chi connectivity index (χ0) is 12.7. The minimum absolute atomic E-state index is 0.831. The zero-order valence-electron chi connectivity index (χ0n) is 12.2. The van der Waals surface area contributed by atoms with Crippen LogP contribution in [-0.2, 0) is 0 Å². The van der Waals surface area contributed by atoms with E-state index in [0.29, 0.717) is 0 Å². The van der Waals surface area contributed by atoms with Gasteiger partial charge >= 0.3 is 0 Å². The molecule has 0 radical (unpaired) electrons. The minimum atomic E-state index is 0.831. The van der Waals surface area contributed by atoms with E-state index in [-0.39, 0.29) is 0 Å². The van der Waals surface area contributed by atoms with Crippen LogP contribution in [-0.4, -0.2) is 62.7 Å². The van der Waals surface area contributed by atoms with Crippen molar-refractivity contribution in [2.75, 3.05) is 46.8 Å². The Morgan fingerprint density at radius 3 is 2.24 bits per heavy atom. The van der Waals surface area contributed by atoms with Crippen molar-refractivity contribution in [3.8, 4) is 0 Å². The van der Waals surface area contributed by atoms with Crippen molar-refractivity contribution in [3.63, 3.8) is 0 Å². The predicted molar refractivity (Wildman–Crippen MR) is 75.5 cm³/mol. The van der Waals surface area contributed by atoms with Gasteiger partial charge in [-0.15, -0.1) is 0 Å². The molecule has 1 aliphatic rings. The quantitative estimate of drug-likeness (QED) is 0.587. The van der Waals surface area contributed by atoms with Crippen molar-refractivity contribution >= 4 is 0 Å². The fourth-order valence-corrected chi connectivity index (χ4v) is 1.99. The van der Waals surface area contributed by atoms with Crippen LogP contribution in [0.15, 0.2) is 0 Å². The Labute approximate surface area is 108 Å². The van der Waals surface area contributed by atoms with Crippen molar-refractivity contribution in [1.82, 2.24) is 15.1 Å². The standard InChI is InChI=1S/C14H31N3/c1-13(2)7-10-17(14-5-6-14)12-9-15-8-11-16(3)4/h13-15H,5-12H2,1-4H3. The molecule has 1 fully saturated rings. The molecule has 0 amide bonds. The van der Waals surface area contributed by atoms with E-state index in [0.717, 1.165) is 31.6 Å². The highest BCUT2D eigenvalue weighted by Gasteiger charge is 2.28. The SMILES string of the molecule is CC(C)CCN(CCNCCN(C)C)C1CC1. The minimum Gasteiger partial charge on any atom is -0.314 e. The molecule has 0 atom stereocenters. The van der Waals surface area contributed by atoms with Crippen LogP contribution in [0, 0.1) is 5.92 Å². The molecule has 0 aliphatic heterocycles. The summed E-state index contributed by atoms with van der Waals surface area (Å²) in [4.78, 5) is 4.91. The highest BCUT2D eigenvalue weighted by atomic mass is 15.2. The van der Waals surface area contributed by atoms with Crippen molar-refractivity contribution in [2.24, 2.45) is 5.92 Å². The summed E-state index contributed by atoms with van der Waals surface area (Å²) < 4.78 is 0. The Morgan fingerprint density at radius 2 is 1.71 bits per heavy atom. The molecular weight excluding hydrogens is 210 g/mol. The van der Waals surface area contributed by atoms with Crippen molar-refractivity contribution in [1.29, 1.82) is 0 Å². The van der Waals surface area contributed by atoms with Crippen LogP contribution in [0.3, 0.4) is 0 Å². The molecule has 3 heteroatoms. The molecule has 1 saturated carbocycles. The third-order valence-corrected chi connectivity index (χ3v) is 3.37. The van der Waals surface area contributed by atoms with Gasteiger partial charge in [0.15, 0.2) is 0 Å². The highest BCUT2D eigenvalue weighted by molar-refractivity contribution is 4.84. The van der Waals surface area contributed by atoms with Crippen LogP contribution in [0.2, 0.25) is 0 Å². The monoisotopic (exact) mass is 241 g/mol. The molecule has 0 aromatic carbocycles. The smallest absolute Gasteiger partial charge is 0.0110 e. The number of likely N-dealkylation sites (N-methyl/N-ethyl adjacent to an activating group) is 1. The first-order valence-corrected chi connectivity index (χ1v) is 7.19. The first-order chi connectivity index (χ1) is 8.09. The van der Waals surface area contributed by atoms with Gasteiger partial charge in [0.1, 0.15) is 0 Å². The second kappa shape index (κ2) is 8.06. The Morgan fingerprint density at radius 1 is 1.06 bits per heavy atom. The fraction of sp³-hybridized carbons (Fsp3) is 1.00.